The average Bonchev–Trinajstić information content (AvgIpc) is 3.20. The van der Waals surface area contributed by atoms with Crippen molar-refractivity contribution in [1.82, 2.24) is 10.2 Å². The number of nitrogens with one attached hydrogen (secondary N) is 1. The zero-order valence-electron chi connectivity index (χ0n) is 16.8. The number of carbonyl (C=O) groups excluding carboxylic acids is 3. The number of anilines is 1. The molecule has 0 saturated carbocycles. The molecule has 9 nitrogen and oxygen atoms in total. The Morgan fingerprint density at radius 2 is 2.07 bits per heavy atom. The summed E-state index contributed by atoms with van der Waals surface area (Å²) in [5.74, 6) is -0.364. The summed E-state index contributed by atoms with van der Waals surface area (Å²) in [5.41, 5.74) is 11.3. The molecule has 0 spiro atoms. The van der Waals surface area contributed by atoms with Gasteiger partial charge in [-0.15, -0.1) is 0 Å². The van der Waals surface area contributed by atoms with Crippen molar-refractivity contribution < 1.29 is 14.4 Å². The van der Waals surface area contributed by atoms with Crippen LogP contribution in [0, 0.1) is 0 Å². The maximum atomic E-state index is 13.5. The number of nitrogens with zero attached hydrogens (tertiary/aromatic N) is 3. The third-order valence-corrected chi connectivity index (χ3v) is 4.90. The van der Waals surface area contributed by atoms with Gasteiger partial charge in [-0.1, -0.05) is 18.2 Å². The van der Waals surface area contributed by atoms with Gasteiger partial charge in [-0.3, -0.25) is 14.6 Å². The van der Waals surface area contributed by atoms with Gasteiger partial charge in [-0.2, -0.15) is 0 Å². The van der Waals surface area contributed by atoms with Crippen LogP contribution in [0.2, 0.25) is 0 Å². The van der Waals surface area contributed by atoms with Crippen LogP contribution in [0.1, 0.15) is 25.7 Å². The standard InChI is InChI=1S/C20H30N6O3/c1-23-13-18(28)25-12-6-10-17(25)19(29)26(15-7-3-2-4-8-15)16(14-27)9-5-11-24-20(21)22/h2-4,7-8,14,16-17,23H,5-6,9-13H2,1H3,(H4,21,22,24)/t16-,17-/m0/s1. The summed E-state index contributed by atoms with van der Waals surface area (Å²) < 4.78 is 0. The average molecular weight is 402 g/mol. The minimum atomic E-state index is -0.666. The van der Waals surface area contributed by atoms with Crippen molar-refractivity contribution in [1.29, 1.82) is 0 Å². The van der Waals surface area contributed by atoms with Crippen LogP contribution in [0.25, 0.3) is 0 Å². The molecule has 0 unspecified atom stereocenters. The van der Waals surface area contributed by atoms with Crippen LogP contribution >= 0.6 is 0 Å². The Morgan fingerprint density at radius 1 is 1.34 bits per heavy atom. The molecule has 158 valence electrons. The molecular formula is C20H30N6O3. The van der Waals surface area contributed by atoms with E-state index in [1.165, 1.54) is 4.90 Å². The van der Waals surface area contributed by atoms with Crippen molar-refractivity contribution in [2.24, 2.45) is 16.5 Å². The van der Waals surface area contributed by atoms with Gasteiger partial charge in [-0.25, -0.2) is 0 Å². The van der Waals surface area contributed by atoms with Crippen molar-refractivity contribution in [3.8, 4) is 0 Å². The fraction of sp³-hybridized carbons (Fsp3) is 0.500. The molecule has 9 heteroatoms. The molecular weight excluding hydrogens is 372 g/mol. The second kappa shape index (κ2) is 11.2. The Bertz CT molecular complexity index is 720. The fourth-order valence-electron chi connectivity index (χ4n) is 3.57. The Morgan fingerprint density at radius 3 is 2.69 bits per heavy atom. The summed E-state index contributed by atoms with van der Waals surface area (Å²) in [4.78, 5) is 44.9. The van der Waals surface area contributed by atoms with Crippen LogP contribution in [0.15, 0.2) is 35.3 Å². The van der Waals surface area contributed by atoms with Crippen LogP contribution in [-0.2, 0) is 14.4 Å². The number of hydrogen-bond acceptors (Lipinski definition) is 5. The number of guanidine groups is 1. The van der Waals surface area contributed by atoms with Gasteiger partial charge in [-0.05, 0) is 44.9 Å². The highest BCUT2D eigenvalue weighted by Crippen LogP contribution is 2.25. The summed E-state index contributed by atoms with van der Waals surface area (Å²) >= 11 is 0. The maximum Gasteiger partial charge on any atom is 0.250 e. The van der Waals surface area contributed by atoms with Gasteiger partial charge >= 0.3 is 0 Å². The number of hydrogen-bond donors (Lipinski definition) is 3. The van der Waals surface area contributed by atoms with Crippen LogP contribution < -0.4 is 21.7 Å². The number of aliphatic imine (C=N–C) groups is 1. The van der Waals surface area contributed by atoms with E-state index >= 15 is 0 Å². The van der Waals surface area contributed by atoms with Crippen molar-refractivity contribution in [2.75, 3.05) is 31.6 Å². The molecule has 2 amide bonds. The first-order valence-electron chi connectivity index (χ1n) is 9.82. The van der Waals surface area contributed by atoms with Crippen LogP contribution in [0.3, 0.4) is 0 Å². The van der Waals surface area contributed by atoms with E-state index in [-0.39, 0.29) is 24.3 Å². The quantitative estimate of drug-likeness (QED) is 0.216. The summed E-state index contributed by atoms with van der Waals surface area (Å²) in [5, 5.41) is 2.84. The van der Waals surface area contributed by atoms with Gasteiger partial charge in [0.2, 0.25) is 11.8 Å². The minimum Gasteiger partial charge on any atom is -0.370 e. The lowest BCUT2D eigenvalue weighted by atomic mass is 10.1. The van der Waals surface area contributed by atoms with Gasteiger partial charge in [0.1, 0.15) is 12.3 Å². The lowest BCUT2D eigenvalue weighted by molar-refractivity contribution is -0.137. The van der Waals surface area contributed by atoms with E-state index < -0.39 is 12.1 Å². The molecule has 5 N–H and O–H groups in total. The van der Waals surface area contributed by atoms with Crippen molar-refractivity contribution in [3.63, 3.8) is 0 Å². The highest BCUT2D eigenvalue weighted by Gasteiger charge is 2.38. The number of carbonyl (C=O) groups is 3. The largest absolute Gasteiger partial charge is 0.370 e. The second-order valence-electron chi connectivity index (χ2n) is 6.97. The molecule has 0 radical (unpaired) electrons. The zero-order chi connectivity index (χ0) is 21.2. The zero-order valence-corrected chi connectivity index (χ0v) is 16.8. The van der Waals surface area contributed by atoms with E-state index in [0.29, 0.717) is 38.0 Å². The van der Waals surface area contributed by atoms with Gasteiger partial charge in [0.05, 0.1) is 12.6 Å². The first-order chi connectivity index (χ1) is 14.0. The summed E-state index contributed by atoms with van der Waals surface area (Å²) in [6, 6.07) is 7.82. The normalized spacial score (nSPS) is 16.9. The molecule has 1 aliphatic heterocycles. The Balaban J connectivity index is 2.25. The van der Waals surface area contributed by atoms with Crippen LogP contribution in [0.4, 0.5) is 5.69 Å². The predicted octanol–water partition coefficient (Wildman–Crippen LogP) is -0.149. The van der Waals surface area contributed by atoms with E-state index in [2.05, 4.69) is 10.3 Å². The van der Waals surface area contributed by atoms with Gasteiger partial charge in [0.15, 0.2) is 5.96 Å². The molecule has 2 rings (SSSR count). The Hall–Kier alpha value is -2.94. The van der Waals surface area contributed by atoms with Crippen molar-refractivity contribution in [2.45, 2.75) is 37.8 Å². The number of likely N-dealkylation sites (tertiary alicyclic amines) is 1. The number of rotatable bonds is 10. The highest BCUT2D eigenvalue weighted by atomic mass is 16.2. The topological polar surface area (TPSA) is 134 Å². The molecule has 1 aromatic carbocycles. The first-order valence-corrected chi connectivity index (χ1v) is 9.82. The van der Waals surface area contributed by atoms with E-state index in [0.717, 1.165) is 12.7 Å². The third kappa shape index (κ3) is 6.02. The molecule has 0 bridgehead atoms. The molecule has 1 aromatic rings. The highest BCUT2D eigenvalue weighted by molar-refractivity contribution is 6.02. The fourth-order valence-corrected chi connectivity index (χ4v) is 3.57. The van der Waals surface area contributed by atoms with E-state index in [4.69, 9.17) is 11.5 Å². The second-order valence-corrected chi connectivity index (χ2v) is 6.97. The maximum absolute atomic E-state index is 13.5. The predicted molar refractivity (Wildman–Crippen MR) is 112 cm³/mol. The first kappa shape index (κ1) is 22.4. The third-order valence-electron chi connectivity index (χ3n) is 4.90. The van der Waals surface area contributed by atoms with Crippen molar-refractivity contribution in [3.05, 3.63) is 30.3 Å². The Kier molecular flexibility index (Phi) is 8.60. The van der Waals surface area contributed by atoms with E-state index in [1.807, 2.05) is 18.2 Å². The molecule has 29 heavy (non-hydrogen) atoms. The van der Waals surface area contributed by atoms with Gasteiger partial charge in [0.25, 0.3) is 0 Å². The summed E-state index contributed by atoms with van der Waals surface area (Å²) in [7, 11) is 1.69. The van der Waals surface area contributed by atoms with Gasteiger partial charge < -0.3 is 31.4 Å². The number of likely N-dealkylation sites (N-methyl/N-ethyl adjacent to an activating group) is 1. The monoisotopic (exact) mass is 402 g/mol. The number of amides is 2. The number of nitrogens with two attached hydrogens (primary N) is 2. The lowest BCUT2D eigenvalue weighted by Crippen LogP contribution is -2.53. The SMILES string of the molecule is CNCC(=O)N1CCC[C@H]1C(=O)N(c1ccccc1)[C@H](C=O)CCCN=C(N)N. The molecule has 0 aromatic heterocycles. The molecule has 1 aliphatic rings. The summed E-state index contributed by atoms with van der Waals surface area (Å²) in [6.07, 6.45) is 3.07. The van der Waals surface area contributed by atoms with Crippen LogP contribution in [0.5, 0.6) is 0 Å². The van der Waals surface area contributed by atoms with E-state index in [1.54, 1.807) is 24.1 Å². The lowest BCUT2D eigenvalue weighted by Gasteiger charge is -2.33. The summed E-state index contributed by atoms with van der Waals surface area (Å²) in [6.45, 7) is 1.08. The molecule has 1 saturated heterocycles. The van der Waals surface area contributed by atoms with Crippen LogP contribution in [-0.4, -0.2) is 67.7 Å². The number of benzene rings is 1. The van der Waals surface area contributed by atoms with E-state index in [9.17, 15) is 14.4 Å². The molecule has 1 fully saturated rings. The number of para-hydroxylation sites is 1. The molecule has 0 aliphatic carbocycles. The van der Waals surface area contributed by atoms with Crippen molar-refractivity contribution >= 4 is 29.7 Å². The smallest absolute Gasteiger partial charge is 0.250 e. The molecule has 2 atom stereocenters. The minimum absolute atomic E-state index is 0.00621. The molecule has 1 heterocycles. The number of aldehydes is 1. The van der Waals surface area contributed by atoms with Gasteiger partial charge in [0, 0.05) is 18.8 Å². The Labute approximate surface area is 171 Å².